The average Bonchev–Trinajstić information content (AvgIpc) is 3.81. The zero-order valence-electron chi connectivity index (χ0n) is 43.4. The Bertz CT molecular complexity index is 2370. The number of nitrogens with zero attached hydrogens (tertiary/aromatic N) is 9. The fraction of sp³-hybridized carbons (Fsp3) is 0.630. The van der Waals surface area contributed by atoms with Crippen molar-refractivity contribution in [2.45, 2.75) is 129 Å². The lowest BCUT2D eigenvalue weighted by atomic mass is 9.89. The predicted octanol–water partition coefficient (Wildman–Crippen LogP) is 8.22. The second-order valence-corrected chi connectivity index (χ2v) is 20.1. The SMILES string of the molecule is CCCCCCN(C)C(=O)OCOc1nc2ccccc2cc1C1CCN(C(=O)N[C@H](Cc2cc(C)c3nn(COC(=O)N(C)CCCCCC)cc3c2)C(=O)N2CCN(C3CCN(C)CC3)CC2)CC1. The lowest BCUT2D eigenvalue weighted by Crippen LogP contribution is -2.59. The normalized spacial score (nSPS) is 16.8. The molecule has 17 nitrogen and oxygen atoms in total. The minimum Gasteiger partial charge on any atom is -0.440 e. The Morgan fingerprint density at radius 1 is 0.761 bits per heavy atom. The van der Waals surface area contributed by atoms with Crippen molar-refractivity contribution < 1.29 is 33.4 Å². The largest absolute Gasteiger partial charge is 0.440 e. The van der Waals surface area contributed by atoms with Crippen molar-refractivity contribution in [3.8, 4) is 5.88 Å². The number of aromatic nitrogens is 3. The van der Waals surface area contributed by atoms with Crippen LogP contribution in [0.2, 0.25) is 0 Å². The second-order valence-electron chi connectivity index (χ2n) is 20.1. The quantitative estimate of drug-likeness (QED) is 0.0634. The van der Waals surface area contributed by atoms with Crippen LogP contribution in [0.4, 0.5) is 14.4 Å². The molecule has 0 saturated carbocycles. The minimum absolute atomic E-state index is 0.0166. The highest BCUT2D eigenvalue weighted by atomic mass is 16.7. The summed E-state index contributed by atoms with van der Waals surface area (Å²) >= 11 is 0. The smallest absolute Gasteiger partial charge is 0.412 e. The maximum absolute atomic E-state index is 14.7. The lowest BCUT2D eigenvalue weighted by molar-refractivity contribution is -0.135. The number of benzene rings is 2. The molecule has 3 aliphatic heterocycles. The highest BCUT2D eigenvalue weighted by molar-refractivity contribution is 5.88. The molecular weight excluding hydrogens is 901 g/mol. The van der Waals surface area contributed by atoms with E-state index in [2.05, 4.69) is 42.1 Å². The van der Waals surface area contributed by atoms with Gasteiger partial charge in [0, 0.05) is 101 Å². The first-order valence-electron chi connectivity index (χ1n) is 26.4. The molecule has 0 unspecified atom stereocenters. The lowest BCUT2D eigenvalue weighted by Gasteiger charge is -2.43. The number of likely N-dealkylation sites (tertiary alicyclic amines) is 2. The third kappa shape index (κ3) is 14.7. The second kappa shape index (κ2) is 26.1. The number of piperazine rings is 1. The third-order valence-electron chi connectivity index (χ3n) is 14.7. The number of ether oxygens (including phenoxy) is 3. The van der Waals surface area contributed by atoms with E-state index in [9.17, 15) is 19.2 Å². The van der Waals surface area contributed by atoms with Gasteiger partial charge in [-0.15, -0.1) is 0 Å². The zero-order chi connectivity index (χ0) is 50.3. The highest BCUT2D eigenvalue weighted by Gasteiger charge is 2.34. The first-order chi connectivity index (χ1) is 34.4. The number of para-hydroxylation sites is 1. The summed E-state index contributed by atoms with van der Waals surface area (Å²) in [4.78, 5) is 71.2. The molecule has 5 amide bonds. The Labute approximate surface area is 421 Å². The molecule has 0 aliphatic carbocycles. The van der Waals surface area contributed by atoms with Crippen molar-refractivity contribution in [2.24, 2.45) is 0 Å². The van der Waals surface area contributed by atoms with Crippen molar-refractivity contribution in [1.29, 1.82) is 0 Å². The van der Waals surface area contributed by atoms with Crippen LogP contribution in [0.1, 0.15) is 114 Å². The number of amides is 5. The molecule has 3 fully saturated rings. The van der Waals surface area contributed by atoms with Crippen LogP contribution < -0.4 is 10.1 Å². The van der Waals surface area contributed by atoms with E-state index in [-0.39, 0.29) is 37.5 Å². The fourth-order valence-electron chi connectivity index (χ4n) is 10.3. The molecule has 0 bridgehead atoms. The molecule has 3 saturated heterocycles. The fourth-order valence-corrected chi connectivity index (χ4v) is 10.3. The number of aryl methyl sites for hydroxylation is 1. The van der Waals surface area contributed by atoms with Crippen LogP contribution in [0, 0.1) is 6.92 Å². The van der Waals surface area contributed by atoms with Crippen LogP contribution in [-0.4, -0.2) is 174 Å². The van der Waals surface area contributed by atoms with Crippen molar-refractivity contribution in [2.75, 3.05) is 93.4 Å². The first kappa shape index (κ1) is 53.1. The monoisotopic (exact) mass is 981 g/mol. The van der Waals surface area contributed by atoms with E-state index in [1.165, 1.54) is 0 Å². The Kier molecular flexibility index (Phi) is 19.6. The number of fused-ring (bicyclic) bond motifs is 2. The van der Waals surface area contributed by atoms with E-state index >= 15 is 0 Å². The zero-order valence-corrected chi connectivity index (χ0v) is 43.4. The molecule has 2 aromatic heterocycles. The molecule has 1 atom stereocenters. The Morgan fingerprint density at radius 2 is 1.42 bits per heavy atom. The maximum Gasteiger partial charge on any atom is 0.412 e. The molecule has 5 heterocycles. The molecule has 2 aromatic carbocycles. The number of urea groups is 1. The van der Waals surface area contributed by atoms with Crippen LogP contribution in [0.5, 0.6) is 5.88 Å². The summed E-state index contributed by atoms with van der Waals surface area (Å²) in [5, 5.41) is 9.79. The number of piperidine rings is 2. The first-order valence-corrected chi connectivity index (χ1v) is 26.4. The van der Waals surface area contributed by atoms with Crippen LogP contribution in [0.25, 0.3) is 21.8 Å². The number of rotatable bonds is 21. The van der Waals surface area contributed by atoms with E-state index in [0.29, 0.717) is 70.5 Å². The number of carbonyl (C=O) groups is 4. The van der Waals surface area contributed by atoms with Crippen molar-refractivity contribution in [3.05, 3.63) is 65.4 Å². The van der Waals surface area contributed by atoms with Gasteiger partial charge in [-0.25, -0.2) is 24.0 Å². The molecule has 0 spiro atoms. The number of hydrogen-bond acceptors (Lipinski definition) is 11. The number of unbranched alkanes of at least 4 members (excludes halogenated alkanes) is 6. The van der Waals surface area contributed by atoms with Gasteiger partial charge >= 0.3 is 18.2 Å². The molecule has 7 rings (SSSR count). The van der Waals surface area contributed by atoms with E-state index in [0.717, 1.165) is 129 Å². The Hall–Kier alpha value is -5.68. The molecule has 388 valence electrons. The Balaban J connectivity index is 1.01. The topological polar surface area (TPSA) is 158 Å². The van der Waals surface area contributed by atoms with E-state index < -0.39 is 12.1 Å². The van der Waals surface area contributed by atoms with Crippen LogP contribution in [0.3, 0.4) is 0 Å². The van der Waals surface area contributed by atoms with Crippen molar-refractivity contribution >= 4 is 45.9 Å². The van der Waals surface area contributed by atoms with Crippen LogP contribution >= 0.6 is 0 Å². The van der Waals surface area contributed by atoms with Gasteiger partial charge in [0.1, 0.15) is 6.04 Å². The summed E-state index contributed by atoms with van der Waals surface area (Å²) in [6, 6.07) is 13.5. The van der Waals surface area contributed by atoms with Gasteiger partial charge in [-0.1, -0.05) is 76.6 Å². The summed E-state index contributed by atoms with van der Waals surface area (Å²) in [5.74, 6) is 0.381. The molecule has 3 aliphatic rings. The van der Waals surface area contributed by atoms with Crippen molar-refractivity contribution in [3.63, 3.8) is 0 Å². The molecule has 0 radical (unpaired) electrons. The number of nitrogens with one attached hydrogen (secondary N) is 1. The van der Waals surface area contributed by atoms with Gasteiger partial charge in [0.15, 0.2) is 6.73 Å². The predicted molar refractivity (Wildman–Crippen MR) is 276 cm³/mol. The molecule has 4 aromatic rings. The van der Waals surface area contributed by atoms with E-state index in [1.54, 1.807) is 28.6 Å². The van der Waals surface area contributed by atoms with Crippen molar-refractivity contribution in [1.82, 2.24) is 49.5 Å². The standard InChI is InChI=1S/C54H80N10O7/c1-7-9-11-15-23-59(5)53(67)69-38-64-37-44-34-41(33-40(3)49(44)57-64)35-48(51(65)62-31-29-61(30-32-62)45-21-25-58(4)26-22-45)56-52(66)63-27-19-42(20-28-63)46-36-43-17-13-14-18-47(43)55-50(46)70-39-71-54(68)60(6)24-16-12-10-8-2/h13-14,17-18,33-34,36-37,42,45,48H,7-12,15-16,19-32,35,38-39H2,1-6H3,(H,56,66)/t48-/m1/s1. The minimum atomic E-state index is -0.793. The van der Waals surface area contributed by atoms with E-state index in [4.69, 9.17) is 24.3 Å². The number of carbonyl (C=O) groups excluding carboxylic acids is 4. The molecule has 17 heteroatoms. The van der Waals surface area contributed by atoms with Gasteiger partial charge in [-0.2, -0.15) is 5.10 Å². The third-order valence-corrected chi connectivity index (χ3v) is 14.7. The van der Waals surface area contributed by atoms with Gasteiger partial charge in [-0.3, -0.25) is 9.69 Å². The van der Waals surface area contributed by atoms with Gasteiger partial charge < -0.3 is 44.0 Å². The summed E-state index contributed by atoms with van der Waals surface area (Å²) in [5.41, 5.74) is 4.31. The summed E-state index contributed by atoms with van der Waals surface area (Å²) < 4.78 is 18.9. The average molecular weight is 981 g/mol. The van der Waals surface area contributed by atoms with Gasteiger partial charge in [0.05, 0.1) is 11.0 Å². The molecule has 1 N–H and O–H groups in total. The summed E-state index contributed by atoms with van der Waals surface area (Å²) in [6.45, 7) is 13.3. The maximum atomic E-state index is 14.7. The van der Waals surface area contributed by atoms with Crippen LogP contribution in [-0.2, 0) is 27.4 Å². The molecule has 71 heavy (non-hydrogen) atoms. The van der Waals surface area contributed by atoms with Gasteiger partial charge in [0.2, 0.25) is 18.6 Å². The van der Waals surface area contributed by atoms with Gasteiger partial charge in [-0.05, 0) is 101 Å². The van der Waals surface area contributed by atoms with E-state index in [1.807, 2.05) is 59.3 Å². The van der Waals surface area contributed by atoms with Crippen LogP contribution in [0.15, 0.2) is 48.7 Å². The Morgan fingerprint density at radius 3 is 2.10 bits per heavy atom. The highest BCUT2D eigenvalue weighted by Crippen LogP contribution is 2.36. The van der Waals surface area contributed by atoms with Gasteiger partial charge in [0.25, 0.3) is 0 Å². The number of hydrogen-bond donors (Lipinski definition) is 1. The molecular formula is C54H80N10O7. The summed E-state index contributed by atoms with van der Waals surface area (Å²) in [7, 11) is 5.67. The number of pyridine rings is 1. The summed E-state index contributed by atoms with van der Waals surface area (Å²) in [6.07, 6.45) is 13.5.